The fraction of sp³-hybridized carbons (Fsp3) is 0.412. The molecule has 0 saturated heterocycles. The molecule has 18 heavy (non-hydrogen) atoms. The lowest BCUT2D eigenvalue weighted by Gasteiger charge is -2.27. The quantitative estimate of drug-likeness (QED) is 0.629. The van der Waals surface area contributed by atoms with Crippen LogP contribution in [-0.4, -0.2) is 5.88 Å². The van der Waals surface area contributed by atoms with E-state index in [1.54, 1.807) is 0 Å². The smallest absolute Gasteiger partial charge is 0.0280 e. The van der Waals surface area contributed by atoms with Crippen molar-refractivity contribution in [2.75, 3.05) is 5.88 Å². The summed E-state index contributed by atoms with van der Waals surface area (Å²) in [6.07, 6.45) is 3.43. The highest BCUT2D eigenvalue weighted by molar-refractivity contribution is 6.18. The van der Waals surface area contributed by atoms with Gasteiger partial charge in [-0.25, -0.2) is 0 Å². The standard InChI is InChI=1S/C17H21Cl/c1-3-11-17(2,13-18)12-15-9-6-8-14-7-4-5-10-16(14)15/h4-10H,3,11-13H2,1-2H3. The molecule has 0 amide bonds. The molecule has 0 bridgehead atoms. The lowest BCUT2D eigenvalue weighted by atomic mass is 9.80. The molecule has 2 aromatic rings. The molecule has 1 unspecified atom stereocenters. The van der Waals surface area contributed by atoms with Gasteiger partial charge in [-0.3, -0.25) is 0 Å². The Morgan fingerprint density at radius 3 is 2.50 bits per heavy atom. The zero-order valence-corrected chi connectivity index (χ0v) is 12.0. The Labute approximate surface area is 115 Å². The van der Waals surface area contributed by atoms with Crippen molar-refractivity contribution in [2.24, 2.45) is 5.41 Å². The molecule has 0 aliphatic heterocycles. The van der Waals surface area contributed by atoms with E-state index in [0.717, 1.165) is 12.3 Å². The van der Waals surface area contributed by atoms with E-state index in [1.807, 2.05) is 0 Å². The lowest BCUT2D eigenvalue weighted by Crippen LogP contribution is -2.21. The van der Waals surface area contributed by atoms with E-state index < -0.39 is 0 Å². The number of rotatable bonds is 5. The van der Waals surface area contributed by atoms with Gasteiger partial charge in [0, 0.05) is 5.88 Å². The Bertz CT molecular complexity index is 513. The Hall–Kier alpha value is -1.01. The number of hydrogen-bond donors (Lipinski definition) is 0. The fourth-order valence-corrected chi connectivity index (χ4v) is 2.94. The third-order valence-electron chi connectivity index (χ3n) is 3.67. The minimum atomic E-state index is 0.209. The highest BCUT2D eigenvalue weighted by atomic mass is 35.5. The molecule has 0 aromatic heterocycles. The number of alkyl halides is 1. The second kappa shape index (κ2) is 5.75. The average Bonchev–Trinajstić information content (AvgIpc) is 2.39. The summed E-state index contributed by atoms with van der Waals surface area (Å²) < 4.78 is 0. The third-order valence-corrected chi connectivity index (χ3v) is 4.32. The van der Waals surface area contributed by atoms with Gasteiger partial charge in [-0.15, -0.1) is 11.6 Å². The van der Waals surface area contributed by atoms with Gasteiger partial charge in [0.25, 0.3) is 0 Å². The summed E-state index contributed by atoms with van der Waals surface area (Å²) in [5.41, 5.74) is 1.63. The van der Waals surface area contributed by atoms with Crippen molar-refractivity contribution >= 4 is 22.4 Å². The second-order valence-corrected chi connectivity index (χ2v) is 5.78. The van der Waals surface area contributed by atoms with Crippen LogP contribution in [0.2, 0.25) is 0 Å². The van der Waals surface area contributed by atoms with Gasteiger partial charge < -0.3 is 0 Å². The summed E-state index contributed by atoms with van der Waals surface area (Å²) in [6.45, 7) is 4.53. The Kier molecular flexibility index (Phi) is 4.29. The van der Waals surface area contributed by atoms with Gasteiger partial charge >= 0.3 is 0 Å². The summed E-state index contributed by atoms with van der Waals surface area (Å²) >= 11 is 6.19. The normalized spacial score (nSPS) is 14.6. The predicted molar refractivity (Wildman–Crippen MR) is 81.4 cm³/mol. The van der Waals surface area contributed by atoms with E-state index in [2.05, 4.69) is 56.3 Å². The topological polar surface area (TPSA) is 0 Å². The lowest BCUT2D eigenvalue weighted by molar-refractivity contribution is 0.336. The van der Waals surface area contributed by atoms with E-state index in [0.29, 0.717) is 0 Å². The van der Waals surface area contributed by atoms with Crippen molar-refractivity contribution in [1.82, 2.24) is 0 Å². The monoisotopic (exact) mass is 260 g/mol. The highest BCUT2D eigenvalue weighted by Crippen LogP contribution is 2.32. The zero-order chi connectivity index (χ0) is 13.0. The van der Waals surface area contributed by atoms with Gasteiger partial charge in [0.2, 0.25) is 0 Å². The van der Waals surface area contributed by atoms with Crippen LogP contribution in [0.3, 0.4) is 0 Å². The first-order chi connectivity index (χ1) is 8.68. The van der Waals surface area contributed by atoms with E-state index in [9.17, 15) is 0 Å². The first kappa shape index (κ1) is 13.4. The molecule has 96 valence electrons. The van der Waals surface area contributed by atoms with Crippen molar-refractivity contribution in [3.05, 3.63) is 48.0 Å². The van der Waals surface area contributed by atoms with Crippen LogP contribution in [0.15, 0.2) is 42.5 Å². The van der Waals surface area contributed by atoms with Crippen molar-refractivity contribution in [2.45, 2.75) is 33.1 Å². The molecule has 0 aliphatic rings. The molecular formula is C17H21Cl. The van der Waals surface area contributed by atoms with Crippen LogP contribution < -0.4 is 0 Å². The first-order valence-corrected chi connectivity index (χ1v) is 7.24. The molecule has 0 radical (unpaired) electrons. The Balaban J connectivity index is 2.36. The molecular weight excluding hydrogens is 240 g/mol. The molecule has 2 aromatic carbocycles. The van der Waals surface area contributed by atoms with Crippen LogP contribution in [0, 0.1) is 5.41 Å². The second-order valence-electron chi connectivity index (χ2n) is 5.51. The number of hydrogen-bond acceptors (Lipinski definition) is 0. The minimum absolute atomic E-state index is 0.209. The average molecular weight is 261 g/mol. The van der Waals surface area contributed by atoms with E-state index in [1.165, 1.54) is 29.2 Å². The van der Waals surface area contributed by atoms with Crippen molar-refractivity contribution in [3.8, 4) is 0 Å². The molecule has 2 rings (SSSR count). The molecule has 0 spiro atoms. The summed E-state index contributed by atoms with van der Waals surface area (Å²) in [5, 5.41) is 2.69. The summed E-state index contributed by atoms with van der Waals surface area (Å²) in [4.78, 5) is 0. The van der Waals surface area contributed by atoms with E-state index in [-0.39, 0.29) is 5.41 Å². The maximum absolute atomic E-state index is 6.19. The van der Waals surface area contributed by atoms with Crippen LogP contribution in [0.5, 0.6) is 0 Å². The van der Waals surface area contributed by atoms with Gasteiger partial charge in [0.05, 0.1) is 0 Å². The number of fused-ring (bicyclic) bond motifs is 1. The van der Waals surface area contributed by atoms with Crippen molar-refractivity contribution < 1.29 is 0 Å². The van der Waals surface area contributed by atoms with Gasteiger partial charge in [-0.05, 0) is 34.6 Å². The van der Waals surface area contributed by atoms with Gasteiger partial charge in [-0.2, -0.15) is 0 Å². The molecule has 0 heterocycles. The Morgan fingerprint density at radius 1 is 1.06 bits per heavy atom. The minimum Gasteiger partial charge on any atom is -0.126 e. The molecule has 1 heteroatoms. The van der Waals surface area contributed by atoms with Crippen molar-refractivity contribution in [3.63, 3.8) is 0 Å². The van der Waals surface area contributed by atoms with Crippen LogP contribution >= 0.6 is 11.6 Å². The summed E-state index contributed by atoms with van der Waals surface area (Å²) in [7, 11) is 0. The van der Waals surface area contributed by atoms with Gasteiger partial charge in [0.15, 0.2) is 0 Å². The van der Waals surface area contributed by atoms with Crippen LogP contribution in [0.25, 0.3) is 10.8 Å². The highest BCUT2D eigenvalue weighted by Gasteiger charge is 2.23. The number of benzene rings is 2. The van der Waals surface area contributed by atoms with Gasteiger partial charge in [-0.1, -0.05) is 62.7 Å². The van der Waals surface area contributed by atoms with Crippen LogP contribution in [-0.2, 0) is 6.42 Å². The maximum atomic E-state index is 6.19. The number of halogens is 1. The van der Waals surface area contributed by atoms with Crippen molar-refractivity contribution in [1.29, 1.82) is 0 Å². The third kappa shape index (κ3) is 2.87. The van der Waals surface area contributed by atoms with E-state index >= 15 is 0 Å². The first-order valence-electron chi connectivity index (χ1n) is 6.71. The molecule has 0 N–H and O–H groups in total. The van der Waals surface area contributed by atoms with Crippen LogP contribution in [0.4, 0.5) is 0 Å². The fourth-order valence-electron chi connectivity index (χ4n) is 2.71. The molecule has 1 atom stereocenters. The molecule has 0 fully saturated rings. The summed E-state index contributed by atoms with van der Waals surface area (Å²) in [6, 6.07) is 15.2. The maximum Gasteiger partial charge on any atom is 0.0280 e. The predicted octanol–water partition coefficient (Wildman–Crippen LogP) is 5.43. The SMILES string of the molecule is CCCC(C)(CCl)Cc1cccc2ccccc12. The van der Waals surface area contributed by atoms with Gasteiger partial charge in [0.1, 0.15) is 0 Å². The molecule has 0 saturated carbocycles. The van der Waals surface area contributed by atoms with E-state index in [4.69, 9.17) is 11.6 Å². The largest absolute Gasteiger partial charge is 0.126 e. The van der Waals surface area contributed by atoms with Crippen LogP contribution in [0.1, 0.15) is 32.3 Å². The molecule has 0 nitrogen and oxygen atoms in total. The molecule has 0 aliphatic carbocycles. The zero-order valence-electron chi connectivity index (χ0n) is 11.2. The Morgan fingerprint density at radius 2 is 1.78 bits per heavy atom. The summed E-state index contributed by atoms with van der Waals surface area (Å²) in [5.74, 6) is 0.726.